The Kier molecular flexibility index (Phi) is 3.35. The Hall–Kier alpha value is -1.11. The molecule has 1 aromatic carbocycles. The highest BCUT2D eigenvalue weighted by Crippen LogP contribution is 2.28. The van der Waals surface area contributed by atoms with Crippen LogP contribution < -0.4 is 10.5 Å². The third-order valence-electron chi connectivity index (χ3n) is 3.20. The monoisotopic (exact) mass is 270 g/mol. The van der Waals surface area contributed by atoms with Crippen LogP contribution in [-0.4, -0.2) is 28.2 Å². The fraction of sp³-hybridized carbons (Fsp3) is 0.500. The summed E-state index contributed by atoms with van der Waals surface area (Å²) in [5.41, 5.74) is 1.59. The number of ether oxygens (including phenoxy) is 1. The van der Waals surface area contributed by atoms with Gasteiger partial charge < -0.3 is 10.1 Å². The van der Waals surface area contributed by atoms with E-state index in [1.807, 2.05) is 6.07 Å². The summed E-state index contributed by atoms with van der Waals surface area (Å²) in [7, 11) is -3.67. The minimum Gasteiger partial charge on any atom is -0.384 e. The fourth-order valence-electron chi connectivity index (χ4n) is 1.98. The maximum Gasteiger partial charge on any atom is 0.238 e. The maximum absolute atomic E-state index is 11.4. The van der Waals surface area contributed by atoms with Gasteiger partial charge in [0.1, 0.15) is 0 Å². The summed E-state index contributed by atoms with van der Waals surface area (Å²) in [6.07, 6.45) is 0. The van der Waals surface area contributed by atoms with E-state index in [4.69, 9.17) is 9.88 Å². The maximum atomic E-state index is 11.4. The summed E-state index contributed by atoms with van der Waals surface area (Å²) < 4.78 is 28.0. The largest absolute Gasteiger partial charge is 0.384 e. The van der Waals surface area contributed by atoms with Crippen LogP contribution in [0.1, 0.15) is 12.5 Å². The number of anilines is 1. The summed E-state index contributed by atoms with van der Waals surface area (Å²) in [6, 6.07) is 5.06. The second-order valence-corrected chi connectivity index (χ2v) is 6.66. The van der Waals surface area contributed by atoms with Gasteiger partial charge in [-0.15, -0.1) is 0 Å². The molecule has 3 N–H and O–H groups in total. The number of sulfonamides is 1. The standard InChI is InChI=1S/C12H18N2O3S/c1-9-10(14-6-12(2)7-17-8-12)4-3-5-11(9)18(13,15)16/h3-5,14H,6-8H2,1-2H3,(H2,13,15,16). The van der Waals surface area contributed by atoms with Crippen LogP contribution in [0.2, 0.25) is 0 Å². The minimum absolute atomic E-state index is 0.129. The lowest BCUT2D eigenvalue weighted by atomic mass is 9.88. The number of nitrogens with two attached hydrogens (primary N) is 1. The molecule has 0 amide bonds. The Morgan fingerprint density at radius 2 is 2.11 bits per heavy atom. The molecule has 1 heterocycles. The fourth-order valence-corrected chi connectivity index (χ4v) is 2.78. The lowest BCUT2D eigenvalue weighted by molar-refractivity contribution is -0.0924. The molecule has 1 aliphatic heterocycles. The molecular weight excluding hydrogens is 252 g/mol. The summed E-state index contributed by atoms with van der Waals surface area (Å²) in [4.78, 5) is 0.169. The second-order valence-electron chi connectivity index (χ2n) is 5.13. The number of benzene rings is 1. The highest BCUT2D eigenvalue weighted by Gasteiger charge is 2.33. The average molecular weight is 270 g/mol. The number of hydrogen-bond donors (Lipinski definition) is 2. The van der Waals surface area contributed by atoms with Gasteiger partial charge in [0.25, 0.3) is 0 Å². The van der Waals surface area contributed by atoms with Crippen molar-refractivity contribution in [2.45, 2.75) is 18.7 Å². The third kappa shape index (κ3) is 2.66. The highest BCUT2D eigenvalue weighted by atomic mass is 32.2. The van der Waals surface area contributed by atoms with Crippen molar-refractivity contribution >= 4 is 15.7 Å². The zero-order valence-corrected chi connectivity index (χ0v) is 11.4. The zero-order valence-electron chi connectivity index (χ0n) is 10.6. The van der Waals surface area contributed by atoms with Crippen molar-refractivity contribution in [1.29, 1.82) is 0 Å². The van der Waals surface area contributed by atoms with E-state index in [1.54, 1.807) is 13.0 Å². The van der Waals surface area contributed by atoms with E-state index in [-0.39, 0.29) is 10.3 Å². The van der Waals surface area contributed by atoms with E-state index in [0.717, 1.165) is 25.4 Å². The van der Waals surface area contributed by atoms with Crippen molar-refractivity contribution in [2.24, 2.45) is 10.6 Å². The van der Waals surface area contributed by atoms with Crippen LogP contribution in [0.4, 0.5) is 5.69 Å². The second kappa shape index (κ2) is 4.53. The quantitative estimate of drug-likeness (QED) is 0.858. The minimum atomic E-state index is -3.67. The number of primary sulfonamides is 1. The van der Waals surface area contributed by atoms with Crippen molar-refractivity contribution < 1.29 is 13.2 Å². The molecule has 100 valence electrons. The molecule has 1 aliphatic rings. The molecule has 18 heavy (non-hydrogen) atoms. The van der Waals surface area contributed by atoms with Gasteiger partial charge in [0.2, 0.25) is 10.0 Å². The van der Waals surface area contributed by atoms with Crippen molar-refractivity contribution in [3.63, 3.8) is 0 Å². The molecule has 1 aromatic rings. The van der Waals surface area contributed by atoms with E-state index in [1.165, 1.54) is 6.07 Å². The summed E-state index contributed by atoms with van der Waals surface area (Å²) >= 11 is 0. The molecule has 0 radical (unpaired) electrons. The topological polar surface area (TPSA) is 81.4 Å². The first-order chi connectivity index (χ1) is 8.32. The first-order valence-corrected chi connectivity index (χ1v) is 7.31. The van der Waals surface area contributed by atoms with Crippen LogP contribution in [-0.2, 0) is 14.8 Å². The summed E-state index contributed by atoms with van der Waals surface area (Å²) in [5, 5.41) is 8.44. The number of hydrogen-bond acceptors (Lipinski definition) is 4. The van der Waals surface area contributed by atoms with Gasteiger partial charge in [-0.1, -0.05) is 13.0 Å². The molecule has 1 saturated heterocycles. The van der Waals surface area contributed by atoms with E-state index < -0.39 is 10.0 Å². The Morgan fingerprint density at radius 3 is 2.61 bits per heavy atom. The van der Waals surface area contributed by atoms with E-state index >= 15 is 0 Å². The first-order valence-electron chi connectivity index (χ1n) is 5.76. The van der Waals surface area contributed by atoms with Gasteiger partial charge in [-0.05, 0) is 24.6 Å². The molecule has 0 unspecified atom stereocenters. The molecule has 0 aliphatic carbocycles. The molecule has 0 spiro atoms. The molecule has 0 bridgehead atoms. The predicted molar refractivity (Wildman–Crippen MR) is 70.0 cm³/mol. The molecular formula is C12H18N2O3S. The summed E-state index contributed by atoms with van der Waals surface area (Å²) in [6.45, 7) is 6.09. The lowest BCUT2D eigenvalue weighted by Gasteiger charge is -2.38. The van der Waals surface area contributed by atoms with Crippen LogP contribution in [0.5, 0.6) is 0 Å². The van der Waals surface area contributed by atoms with Crippen LogP contribution in [0.25, 0.3) is 0 Å². The molecule has 6 heteroatoms. The van der Waals surface area contributed by atoms with Crippen LogP contribution in [0.15, 0.2) is 23.1 Å². The summed E-state index contributed by atoms with van der Waals surface area (Å²) in [5.74, 6) is 0. The Morgan fingerprint density at radius 1 is 1.44 bits per heavy atom. The van der Waals surface area contributed by atoms with Crippen LogP contribution >= 0.6 is 0 Å². The third-order valence-corrected chi connectivity index (χ3v) is 4.25. The van der Waals surface area contributed by atoms with Crippen LogP contribution in [0.3, 0.4) is 0 Å². The van der Waals surface area contributed by atoms with E-state index in [0.29, 0.717) is 5.56 Å². The highest BCUT2D eigenvalue weighted by molar-refractivity contribution is 7.89. The van der Waals surface area contributed by atoms with Gasteiger partial charge in [0, 0.05) is 17.6 Å². The van der Waals surface area contributed by atoms with E-state index in [9.17, 15) is 8.42 Å². The smallest absolute Gasteiger partial charge is 0.238 e. The first kappa shape index (κ1) is 13.3. The van der Waals surface area contributed by atoms with Crippen molar-refractivity contribution in [3.05, 3.63) is 23.8 Å². The number of rotatable bonds is 4. The van der Waals surface area contributed by atoms with Crippen molar-refractivity contribution in [1.82, 2.24) is 0 Å². The van der Waals surface area contributed by atoms with E-state index in [2.05, 4.69) is 12.2 Å². The zero-order chi connectivity index (χ0) is 13.4. The van der Waals surface area contributed by atoms with Crippen molar-refractivity contribution in [2.75, 3.05) is 25.1 Å². The molecule has 0 atom stereocenters. The average Bonchev–Trinajstić information content (AvgIpc) is 2.23. The predicted octanol–water partition coefficient (Wildman–Crippen LogP) is 1.09. The molecule has 0 saturated carbocycles. The van der Waals surface area contributed by atoms with Gasteiger partial charge >= 0.3 is 0 Å². The van der Waals surface area contributed by atoms with Gasteiger partial charge in [0.05, 0.1) is 18.1 Å². The molecule has 1 fully saturated rings. The van der Waals surface area contributed by atoms with Gasteiger partial charge in [-0.25, -0.2) is 13.6 Å². The normalized spacial score (nSPS) is 18.2. The van der Waals surface area contributed by atoms with Gasteiger partial charge in [-0.3, -0.25) is 0 Å². The Balaban J connectivity index is 2.19. The van der Waals surface area contributed by atoms with Crippen LogP contribution in [0, 0.1) is 12.3 Å². The SMILES string of the molecule is Cc1c(NCC2(C)COC2)cccc1S(N)(=O)=O. The van der Waals surface area contributed by atoms with Gasteiger partial charge in [-0.2, -0.15) is 0 Å². The number of nitrogens with one attached hydrogen (secondary N) is 1. The molecule has 2 rings (SSSR count). The lowest BCUT2D eigenvalue weighted by Crippen LogP contribution is -2.45. The Bertz CT molecular complexity index is 550. The molecule has 5 nitrogen and oxygen atoms in total. The Labute approximate surface area is 107 Å². The molecule has 0 aromatic heterocycles. The van der Waals surface area contributed by atoms with Crippen molar-refractivity contribution in [3.8, 4) is 0 Å². The van der Waals surface area contributed by atoms with Gasteiger partial charge in [0.15, 0.2) is 0 Å².